The second-order valence-electron chi connectivity index (χ2n) is 7.47. The number of nitrogens with one attached hydrogen (secondary N) is 3. The maximum absolute atomic E-state index is 14.2. The van der Waals surface area contributed by atoms with Gasteiger partial charge in [0.1, 0.15) is 0 Å². The van der Waals surface area contributed by atoms with Crippen molar-refractivity contribution in [3.05, 3.63) is 66.1 Å². The Labute approximate surface area is 190 Å². The average molecular weight is 493 g/mol. The van der Waals surface area contributed by atoms with Gasteiger partial charge in [0.05, 0.1) is 16.3 Å². The number of aromatic nitrogens is 2. The molecule has 0 radical (unpaired) electrons. The van der Waals surface area contributed by atoms with E-state index in [-0.39, 0.29) is 28.5 Å². The molecule has 4 rings (SSSR count). The molecule has 3 aromatic rings. The summed E-state index contributed by atoms with van der Waals surface area (Å²) in [6, 6.07) is 12.4. The number of hydrogen-bond acceptors (Lipinski definition) is 8. The molecule has 0 bridgehead atoms. The molecule has 1 heterocycles. The van der Waals surface area contributed by atoms with Crippen LogP contribution in [0, 0.1) is 5.82 Å². The van der Waals surface area contributed by atoms with Gasteiger partial charge >= 0.3 is 0 Å². The van der Waals surface area contributed by atoms with Crippen LogP contribution < -0.4 is 20.5 Å². The minimum atomic E-state index is -3.81. The lowest BCUT2D eigenvalue weighted by molar-refractivity contribution is 0.580. The Kier molecular flexibility index (Phi) is 6.30. The second kappa shape index (κ2) is 9.02. The molecule has 0 aliphatic heterocycles. The van der Waals surface area contributed by atoms with Crippen LogP contribution in [0.2, 0.25) is 0 Å². The lowest BCUT2D eigenvalue weighted by Gasteiger charge is -2.11. The van der Waals surface area contributed by atoms with Crippen LogP contribution in [0.3, 0.4) is 0 Å². The van der Waals surface area contributed by atoms with E-state index in [0.29, 0.717) is 24.2 Å². The molecule has 1 fully saturated rings. The minimum Gasteiger partial charge on any atom is -0.338 e. The zero-order chi connectivity index (χ0) is 23.6. The van der Waals surface area contributed by atoms with Crippen molar-refractivity contribution in [1.29, 1.82) is 0 Å². The first kappa shape index (κ1) is 23.0. The number of nitrogens with two attached hydrogens (primary N) is 1. The molecule has 0 spiro atoms. The van der Waals surface area contributed by atoms with Gasteiger partial charge < -0.3 is 10.6 Å². The molecule has 1 aromatic heterocycles. The van der Waals surface area contributed by atoms with Crippen LogP contribution in [0.5, 0.6) is 0 Å². The van der Waals surface area contributed by atoms with Crippen molar-refractivity contribution in [2.75, 3.05) is 10.6 Å². The summed E-state index contributed by atoms with van der Waals surface area (Å²) in [5.41, 5.74) is 1.79. The molecule has 1 saturated carbocycles. The van der Waals surface area contributed by atoms with E-state index in [1.807, 2.05) is 0 Å². The number of primary sulfonamides is 1. The lowest BCUT2D eigenvalue weighted by atomic mass is 10.2. The van der Waals surface area contributed by atoms with Crippen LogP contribution in [-0.4, -0.2) is 32.1 Å². The van der Waals surface area contributed by atoms with E-state index in [1.54, 1.807) is 24.3 Å². The fraction of sp³-hybridized carbons (Fsp3) is 0.200. The largest absolute Gasteiger partial charge is 0.338 e. The first-order chi connectivity index (χ1) is 15.6. The summed E-state index contributed by atoms with van der Waals surface area (Å²) in [6.07, 6.45) is 2.39. The van der Waals surface area contributed by atoms with E-state index >= 15 is 0 Å². The standard InChI is InChI=1S/C20H21FN6O4S2/c21-18-12-23-20(26-15-5-7-16(8-6-15)32(22,28)29)27-19(18)25-14-3-1-13(2-4-14)11-24-33(30,31)17-9-10-17/h1-8,12,17,24H,9-11H2,(H2,22,28,29)(H2,23,25,26,27). The monoisotopic (exact) mass is 492 g/mol. The average Bonchev–Trinajstić information content (AvgIpc) is 3.62. The molecule has 1 aliphatic carbocycles. The Morgan fingerprint density at radius 3 is 2.15 bits per heavy atom. The number of halogens is 1. The van der Waals surface area contributed by atoms with Crippen LogP contribution in [-0.2, 0) is 26.6 Å². The molecule has 0 amide bonds. The predicted octanol–water partition coefficient (Wildman–Crippen LogP) is 2.33. The van der Waals surface area contributed by atoms with Gasteiger partial charge in [0.2, 0.25) is 26.0 Å². The molecule has 174 valence electrons. The Hall–Kier alpha value is -3.13. The highest BCUT2D eigenvalue weighted by molar-refractivity contribution is 7.90. The SMILES string of the molecule is NS(=O)(=O)c1ccc(Nc2ncc(F)c(Nc3ccc(CNS(=O)(=O)C4CC4)cc3)n2)cc1. The van der Waals surface area contributed by atoms with Gasteiger partial charge in [-0.15, -0.1) is 0 Å². The van der Waals surface area contributed by atoms with E-state index in [4.69, 9.17) is 5.14 Å². The van der Waals surface area contributed by atoms with Crippen LogP contribution >= 0.6 is 0 Å². The summed E-state index contributed by atoms with van der Waals surface area (Å²) in [4.78, 5) is 7.95. The van der Waals surface area contributed by atoms with E-state index < -0.39 is 25.9 Å². The molecule has 0 unspecified atom stereocenters. The molecule has 0 atom stereocenters. The molecule has 5 N–H and O–H groups in total. The van der Waals surface area contributed by atoms with Gasteiger partial charge in [-0.3, -0.25) is 0 Å². The summed E-state index contributed by atoms with van der Waals surface area (Å²) in [7, 11) is -7.07. The van der Waals surface area contributed by atoms with Crippen molar-refractivity contribution < 1.29 is 21.2 Å². The molecule has 1 aliphatic rings. The van der Waals surface area contributed by atoms with Gasteiger partial charge in [-0.25, -0.2) is 36.1 Å². The van der Waals surface area contributed by atoms with Crippen molar-refractivity contribution in [1.82, 2.24) is 14.7 Å². The van der Waals surface area contributed by atoms with Gasteiger partial charge in [-0.2, -0.15) is 4.98 Å². The van der Waals surface area contributed by atoms with Crippen molar-refractivity contribution in [3.8, 4) is 0 Å². The normalized spacial score (nSPS) is 14.1. The quantitative estimate of drug-likeness (QED) is 0.355. The number of anilines is 4. The van der Waals surface area contributed by atoms with E-state index in [0.717, 1.165) is 11.8 Å². The molecular weight excluding hydrogens is 471 g/mol. The van der Waals surface area contributed by atoms with Gasteiger partial charge in [-0.05, 0) is 54.8 Å². The van der Waals surface area contributed by atoms with Gasteiger partial charge in [0, 0.05) is 17.9 Å². The Bertz CT molecular complexity index is 1360. The van der Waals surface area contributed by atoms with Gasteiger partial charge in [-0.1, -0.05) is 12.1 Å². The van der Waals surface area contributed by atoms with E-state index in [2.05, 4.69) is 25.3 Å². The lowest BCUT2D eigenvalue weighted by Crippen LogP contribution is -2.26. The highest BCUT2D eigenvalue weighted by atomic mass is 32.2. The maximum atomic E-state index is 14.2. The minimum absolute atomic E-state index is 0.0424. The molecule has 2 aromatic carbocycles. The van der Waals surface area contributed by atoms with E-state index in [1.165, 1.54) is 24.3 Å². The first-order valence-corrected chi connectivity index (χ1v) is 13.0. The predicted molar refractivity (Wildman–Crippen MR) is 122 cm³/mol. The summed E-state index contributed by atoms with van der Waals surface area (Å²) in [6.45, 7) is 0.180. The highest BCUT2D eigenvalue weighted by Gasteiger charge is 2.35. The van der Waals surface area contributed by atoms with Crippen LogP contribution in [0.1, 0.15) is 18.4 Å². The molecule has 13 heteroatoms. The van der Waals surface area contributed by atoms with Gasteiger partial charge in [0.15, 0.2) is 11.6 Å². The number of rotatable bonds is 9. The summed E-state index contributed by atoms with van der Waals surface area (Å²) >= 11 is 0. The highest BCUT2D eigenvalue weighted by Crippen LogP contribution is 2.27. The Morgan fingerprint density at radius 2 is 1.55 bits per heavy atom. The molecule has 10 nitrogen and oxygen atoms in total. The number of benzene rings is 2. The third-order valence-corrected chi connectivity index (χ3v) is 7.67. The smallest absolute Gasteiger partial charge is 0.238 e. The third-order valence-electron chi connectivity index (χ3n) is 4.84. The fourth-order valence-corrected chi connectivity index (χ4v) is 4.77. The molecule has 0 saturated heterocycles. The fourth-order valence-electron chi connectivity index (χ4n) is 2.89. The zero-order valence-corrected chi connectivity index (χ0v) is 18.8. The van der Waals surface area contributed by atoms with Gasteiger partial charge in [0.25, 0.3) is 0 Å². The van der Waals surface area contributed by atoms with Crippen molar-refractivity contribution in [2.45, 2.75) is 29.5 Å². The number of sulfonamides is 2. The second-order valence-corrected chi connectivity index (χ2v) is 11.1. The van der Waals surface area contributed by atoms with Crippen molar-refractivity contribution in [3.63, 3.8) is 0 Å². The summed E-state index contributed by atoms with van der Waals surface area (Å²) in [5, 5.41) is 10.5. The third kappa shape index (κ3) is 6.01. The van der Waals surface area contributed by atoms with Crippen LogP contribution in [0.15, 0.2) is 59.6 Å². The molecular formula is C20H21FN6O4S2. The Morgan fingerprint density at radius 1 is 0.939 bits per heavy atom. The summed E-state index contributed by atoms with van der Waals surface area (Å²) < 4.78 is 63.3. The summed E-state index contributed by atoms with van der Waals surface area (Å²) in [5.74, 6) is -0.657. The molecule has 33 heavy (non-hydrogen) atoms. The Balaban J connectivity index is 1.41. The number of nitrogens with zero attached hydrogens (tertiary/aromatic N) is 2. The van der Waals surface area contributed by atoms with Crippen molar-refractivity contribution in [2.24, 2.45) is 5.14 Å². The topological polar surface area (TPSA) is 156 Å². The maximum Gasteiger partial charge on any atom is 0.238 e. The van der Waals surface area contributed by atoms with Crippen LogP contribution in [0.25, 0.3) is 0 Å². The van der Waals surface area contributed by atoms with Crippen molar-refractivity contribution >= 4 is 43.2 Å². The van der Waals surface area contributed by atoms with E-state index in [9.17, 15) is 21.2 Å². The zero-order valence-electron chi connectivity index (χ0n) is 17.2. The first-order valence-electron chi connectivity index (χ1n) is 9.87. The number of hydrogen-bond donors (Lipinski definition) is 4. The van der Waals surface area contributed by atoms with Crippen LogP contribution in [0.4, 0.5) is 27.5 Å².